The standard InChI is InChI=1S/C28H40N4O2S2/c1-4-6-8-9-10-14-18-32-27(34)24(36-28(32)35)19-22-21(3)23(20-29)26(33)31(17-7-5-2)25(22)30-15-12-11-13-16-30/h19H,4-18H2,1-3H3/b24-19+. The van der Waals surface area contributed by atoms with Crippen LogP contribution in [-0.2, 0) is 11.3 Å². The fourth-order valence-corrected chi connectivity index (χ4v) is 6.28. The van der Waals surface area contributed by atoms with E-state index in [1.54, 1.807) is 9.47 Å². The van der Waals surface area contributed by atoms with Crippen molar-refractivity contribution in [3.63, 3.8) is 0 Å². The third-order valence-corrected chi connectivity index (χ3v) is 8.50. The number of aromatic nitrogens is 1. The minimum atomic E-state index is -0.225. The van der Waals surface area contributed by atoms with E-state index in [0.717, 1.165) is 63.0 Å². The summed E-state index contributed by atoms with van der Waals surface area (Å²) in [5.41, 5.74) is 1.40. The molecule has 2 aliphatic rings. The Bertz CT molecular complexity index is 1080. The van der Waals surface area contributed by atoms with Crippen LogP contribution in [0.25, 0.3) is 6.08 Å². The lowest BCUT2D eigenvalue weighted by Gasteiger charge is -2.33. The van der Waals surface area contributed by atoms with E-state index in [0.29, 0.717) is 27.9 Å². The van der Waals surface area contributed by atoms with Crippen molar-refractivity contribution in [1.29, 1.82) is 5.26 Å². The van der Waals surface area contributed by atoms with Gasteiger partial charge in [-0.25, -0.2) is 0 Å². The summed E-state index contributed by atoms with van der Waals surface area (Å²) in [6, 6.07) is 2.14. The summed E-state index contributed by atoms with van der Waals surface area (Å²) in [7, 11) is 0. The first kappa shape index (κ1) is 28.5. The van der Waals surface area contributed by atoms with Gasteiger partial charge < -0.3 is 4.90 Å². The molecule has 1 aromatic heterocycles. The first-order chi connectivity index (χ1) is 17.4. The highest BCUT2D eigenvalue weighted by atomic mass is 32.2. The molecule has 2 saturated heterocycles. The molecule has 0 spiro atoms. The second-order valence-corrected chi connectivity index (χ2v) is 11.5. The molecule has 196 valence electrons. The van der Waals surface area contributed by atoms with Crippen molar-refractivity contribution >= 4 is 46.1 Å². The van der Waals surface area contributed by atoms with Gasteiger partial charge in [-0.15, -0.1) is 0 Å². The monoisotopic (exact) mass is 528 g/mol. The molecule has 3 heterocycles. The Morgan fingerprint density at radius 2 is 1.64 bits per heavy atom. The van der Waals surface area contributed by atoms with Crippen LogP contribution in [0.3, 0.4) is 0 Å². The van der Waals surface area contributed by atoms with Gasteiger partial charge in [0.25, 0.3) is 11.5 Å². The van der Waals surface area contributed by atoms with Crippen molar-refractivity contribution < 1.29 is 4.79 Å². The summed E-state index contributed by atoms with van der Waals surface area (Å²) >= 11 is 6.92. The number of carbonyl (C=O) groups excluding carboxylic acids is 1. The van der Waals surface area contributed by atoms with Gasteiger partial charge in [0.1, 0.15) is 21.8 Å². The Morgan fingerprint density at radius 1 is 0.972 bits per heavy atom. The van der Waals surface area contributed by atoms with Crippen molar-refractivity contribution in [2.24, 2.45) is 0 Å². The third kappa shape index (κ3) is 6.60. The molecule has 2 aliphatic heterocycles. The zero-order valence-electron chi connectivity index (χ0n) is 22.1. The summed E-state index contributed by atoms with van der Waals surface area (Å²) in [6.45, 7) is 9.09. The fourth-order valence-electron chi connectivity index (χ4n) is 4.99. The number of anilines is 1. The molecule has 0 atom stereocenters. The van der Waals surface area contributed by atoms with Crippen molar-refractivity contribution in [2.75, 3.05) is 24.5 Å². The Morgan fingerprint density at radius 3 is 2.31 bits per heavy atom. The summed E-state index contributed by atoms with van der Waals surface area (Å²) < 4.78 is 2.38. The van der Waals surface area contributed by atoms with E-state index in [1.165, 1.54) is 43.9 Å². The lowest BCUT2D eigenvalue weighted by molar-refractivity contribution is -0.122. The highest BCUT2D eigenvalue weighted by Crippen LogP contribution is 2.36. The molecule has 0 aromatic carbocycles. The molecule has 0 aliphatic carbocycles. The SMILES string of the molecule is CCCCCCCCN1C(=O)/C(=C\c2c(C)c(C#N)c(=O)n(CCCC)c2N2CCCCC2)SC1=S. The van der Waals surface area contributed by atoms with Crippen LogP contribution < -0.4 is 10.5 Å². The highest BCUT2D eigenvalue weighted by molar-refractivity contribution is 8.26. The largest absolute Gasteiger partial charge is 0.357 e. The summed E-state index contributed by atoms with van der Waals surface area (Å²) in [5, 5.41) is 9.85. The van der Waals surface area contributed by atoms with Gasteiger partial charge in [-0.1, -0.05) is 76.4 Å². The summed E-state index contributed by atoms with van der Waals surface area (Å²) in [6.07, 6.45) is 14.0. The predicted molar refractivity (Wildman–Crippen MR) is 154 cm³/mol. The molecular weight excluding hydrogens is 488 g/mol. The smallest absolute Gasteiger partial charge is 0.270 e. The maximum Gasteiger partial charge on any atom is 0.270 e. The van der Waals surface area contributed by atoms with E-state index < -0.39 is 0 Å². The number of hydrogen-bond donors (Lipinski definition) is 0. The third-order valence-electron chi connectivity index (χ3n) is 7.12. The first-order valence-electron chi connectivity index (χ1n) is 13.6. The minimum absolute atomic E-state index is 0.0626. The number of thioether (sulfide) groups is 1. The number of rotatable bonds is 12. The second kappa shape index (κ2) is 14.0. The quantitative estimate of drug-likeness (QED) is 0.178. The van der Waals surface area contributed by atoms with E-state index in [9.17, 15) is 14.9 Å². The molecule has 1 aromatic rings. The van der Waals surface area contributed by atoms with Crippen LogP contribution in [0, 0.1) is 18.3 Å². The molecule has 0 N–H and O–H groups in total. The number of pyridine rings is 1. The van der Waals surface area contributed by atoms with E-state index in [2.05, 4.69) is 24.8 Å². The molecule has 0 radical (unpaired) electrons. The highest BCUT2D eigenvalue weighted by Gasteiger charge is 2.33. The van der Waals surface area contributed by atoms with Gasteiger partial charge in [-0.2, -0.15) is 5.26 Å². The lowest BCUT2D eigenvalue weighted by atomic mass is 10.0. The van der Waals surface area contributed by atoms with Crippen LogP contribution in [0.5, 0.6) is 0 Å². The Kier molecular flexibility index (Phi) is 11.1. The molecule has 2 fully saturated rings. The number of thiocarbonyl (C=S) groups is 1. The minimum Gasteiger partial charge on any atom is -0.357 e. The van der Waals surface area contributed by atoms with Gasteiger partial charge >= 0.3 is 0 Å². The molecule has 8 heteroatoms. The van der Waals surface area contributed by atoms with Crippen molar-refractivity contribution in [2.45, 2.75) is 97.9 Å². The number of amides is 1. The molecule has 0 unspecified atom stereocenters. The van der Waals surface area contributed by atoms with Gasteiger partial charge in [-0.3, -0.25) is 19.1 Å². The van der Waals surface area contributed by atoms with Gasteiger partial charge in [0.05, 0.1) is 4.91 Å². The van der Waals surface area contributed by atoms with E-state index in [4.69, 9.17) is 12.2 Å². The molecular formula is C28H40N4O2S2. The molecule has 3 rings (SSSR count). The fraction of sp³-hybridized carbons (Fsp3) is 0.643. The van der Waals surface area contributed by atoms with Crippen LogP contribution in [0.1, 0.15) is 101 Å². The average molecular weight is 529 g/mol. The molecule has 6 nitrogen and oxygen atoms in total. The zero-order valence-corrected chi connectivity index (χ0v) is 23.7. The van der Waals surface area contributed by atoms with Crippen LogP contribution in [0.2, 0.25) is 0 Å². The van der Waals surface area contributed by atoms with Crippen molar-refractivity contribution in [3.8, 4) is 6.07 Å². The molecule has 1 amide bonds. The van der Waals surface area contributed by atoms with Gasteiger partial charge in [0, 0.05) is 31.7 Å². The number of unbranched alkanes of at least 4 members (excludes halogenated alkanes) is 6. The molecule has 0 bridgehead atoms. The van der Waals surface area contributed by atoms with E-state index in [1.807, 2.05) is 13.0 Å². The summed E-state index contributed by atoms with van der Waals surface area (Å²) in [4.78, 5) is 31.3. The van der Waals surface area contributed by atoms with Crippen molar-refractivity contribution in [3.05, 3.63) is 31.9 Å². The van der Waals surface area contributed by atoms with Gasteiger partial charge in [0.2, 0.25) is 0 Å². The number of carbonyl (C=O) groups is 1. The zero-order chi connectivity index (χ0) is 26.1. The molecule has 36 heavy (non-hydrogen) atoms. The van der Waals surface area contributed by atoms with Gasteiger partial charge in [0.15, 0.2) is 0 Å². The maximum absolute atomic E-state index is 13.4. The number of nitriles is 1. The van der Waals surface area contributed by atoms with Gasteiger partial charge in [-0.05, 0) is 50.7 Å². The number of nitrogens with zero attached hydrogens (tertiary/aromatic N) is 4. The Balaban J connectivity index is 1.97. The average Bonchev–Trinajstić information content (AvgIpc) is 3.15. The first-order valence-corrected chi connectivity index (χ1v) is 14.8. The van der Waals surface area contributed by atoms with Crippen LogP contribution in [0.15, 0.2) is 9.70 Å². The Labute approximate surface area is 225 Å². The number of piperidine rings is 1. The van der Waals surface area contributed by atoms with E-state index in [-0.39, 0.29) is 17.0 Å². The maximum atomic E-state index is 13.4. The predicted octanol–water partition coefficient (Wildman–Crippen LogP) is 6.38. The Hall–Kier alpha value is -2.11. The summed E-state index contributed by atoms with van der Waals surface area (Å²) in [5.74, 6) is 0.790. The van der Waals surface area contributed by atoms with Crippen LogP contribution in [0.4, 0.5) is 5.82 Å². The van der Waals surface area contributed by atoms with Crippen LogP contribution >= 0.6 is 24.0 Å². The topological polar surface area (TPSA) is 69.3 Å². The van der Waals surface area contributed by atoms with Crippen molar-refractivity contribution in [1.82, 2.24) is 9.47 Å². The van der Waals surface area contributed by atoms with E-state index >= 15 is 0 Å². The molecule has 0 saturated carbocycles. The van der Waals surface area contributed by atoms with Crippen LogP contribution in [-0.4, -0.2) is 39.3 Å². The number of hydrogen-bond acceptors (Lipinski definition) is 6. The second-order valence-electron chi connectivity index (χ2n) is 9.81. The lowest BCUT2D eigenvalue weighted by Crippen LogP contribution is -2.37. The normalized spacial score (nSPS) is 17.3.